The number of benzene rings is 1. The second-order valence-corrected chi connectivity index (χ2v) is 6.15. The fourth-order valence-corrected chi connectivity index (χ4v) is 3.12. The van der Waals surface area contributed by atoms with E-state index in [0.717, 1.165) is 19.6 Å². The third kappa shape index (κ3) is 3.82. The van der Waals surface area contributed by atoms with Crippen LogP contribution in [-0.4, -0.2) is 13.7 Å². The number of rotatable bonds is 6. The monoisotopic (exact) mass is 275 g/mol. The Labute approximate surface area is 119 Å². The zero-order valence-electron chi connectivity index (χ0n) is 11.8. The fraction of sp³-hybridized carbons (Fsp3) is 0.375. The molecule has 0 amide bonds. The summed E-state index contributed by atoms with van der Waals surface area (Å²) in [5.41, 5.74) is 3.92. The molecule has 0 aliphatic heterocycles. The number of para-hydroxylation sites is 1. The molecule has 2 rings (SSSR count). The Hall–Kier alpha value is -1.32. The first-order valence-corrected chi connectivity index (χ1v) is 7.39. The van der Waals surface area contributed by atoms with Crippen molar-refractivity contribution in [2.24, 2.45) is 0 Å². The highest BCUT2D eigenvalue weighted by molar-refractivity contribution is 7.12. The van der Waals surface area contributed by atoms with Gasteiger partial charge in [-0.2, -0.15) is 0 Å². The van der Waals surface area contributed by atoms with Gasteiger partial charge in [0, 0.05) is 29.1 Å². The van der Waals surface area contributed by atoms with Crippen molar-refractivity contribution in [3.05, 3.63) is 51.2 Å². The van der Waals surface area contributed by atoms with E-state index in [0.29, 0.717) is 0 Å². The van der Waals surface area contributed by atoms with Gasteiger partial charge >= 0.3 is 0 Å². The molecule has 19 heavy (non-hydrogen) atoms. The topological polar surface area (TPSA) is 21.3 Å². The Kier molecular flexibility index (Phi) is 5.00. The molecule has 0 bridgehead atoms. The van der Waals surface area contributed by atoms with E-state index in [1.807, 2.05) is 11.3 Å². The van der Waals surface area contributed by atoms with Gasteiger partial charge in [0.15, 0.2) is 0 Å². The number of hydrogen-bond donors (Lipinski definition) is 1. The average Bonchev–Trinajstić information content (AvgIpc) is 2.73. The van der Waals surface area contributed by atoms with E-state index in [2.05, 4.69) is 49.5 Å². The van der Waals surface area contributed by atoms with Crippen molar-refractivity contribution >= 4 is 17.0 Å². The largest absolute Gasteiger partial charge is 0.384 e. The van der Waals surface area contributed by atoms with Crippen molar-refractivity contribution in [1.82, 2.24) is 0 Å². The molecule has 0 radical (unpaired) electrons. The van der Waals surface area contributed by atoms with E-state index in [4.69, 9.17) is 4.74 Å². The van der Waals surface area contributed by atoms with Crippen LogP contribution in [0.2, 0.25) is 0 Å². The van der Waals surface area contributed by atoms with Gasteiger partial charge in [0.05, 0.1) is 6.61 Å². The van der Waals surface area contributed by atoms with Crippen molar-refractivity contribution in [1.29, 1.82) is 0 Å². The van der Waals surface area contributed by atoms with Crippen molar-refractivity contribution in [3.8, 4) is 0 Å². The molecule has 1 aromatic carbocycles. The molecule has 0 atom stereocenters. The van der Waals surface area contributed by atoms with Gasteiger partial charge in [-0.3, -0.25) is 0 Å². The number of hydrogen-bond acceptors (Lipinski definition) is 3. The Balaban J connectivity index is 2.04. The minimum atomic E-state index is 0.759. The van der Waals surface area contributed by atoms with Crippen molar-refractivity contribution in [2.45, 2.75) is 26.8 Å². The van der Waals surface area contributed by atoms with Gasteiger partial charge in [-0.1, -0.05) is 18.2 Å². The zero-order chi connectivity index (χ0) is 13.7. The molecule has 2 aromatic rings. The van der Waals surface area contributed by atoms with Crippen molar-refractivity contribution in [3.63, 3.8) is 0 Å². The second kappa shape index (κ2) is 6.73. The predicted octanol–water partition coefficient (Wildman–Crippen LogP) is 4.17. The van der Waals surface area contributed by atoms with Gasteiger partial charge in [-0.15, -0.1) is 11.3 Å². The van der Waals surface area contributed by atoms with Crippen LogP contribution < -0.4 is 5.32 Å². The minimum Gasteiger partial charge on any atom is -0.384 e. The van der Waals surface area contributed by atoms with Crippen molar-refractivity contribution in [2.75, 3.05) is 19.0 Å². The zero-order valence-corrected chi connectivity index (χ0v) is 12.6. The number of nitrogens with one attached hydrogen (secondary N) is 1. The molecule has 0 aliphatic rings. The van der Waals surface area contributed by atoms with Crippen LogP contribution in [0, 0.1) is 13.8 Å². The Morgan fingerprint density at radius 3 is 2.63 bits per heavy atom. The quantitative estimate of drug-likeness (QED) is 0.854. The highest BCUT2D eigenvalue weighted by Crippen LogP contribution is 2.23. The molecule has 0 saturated carbocycles. The summed E-state index contributed by atoms with van der Waals surface area (Å²) in [6.07, 6.45) is 0.946. The van der Waals surface area contributed by atoms with Gasteiger partial charge in [0.25, 0.3) is 0 Å². The molecule has 0 fully saturated rings. The summed E-state index contributed by atoms with van der Waals surface area (Å²) in [7, 11) is 1.74. The summed E-state index contributed by atoms with van der Waals surface area (Å²) >= 11 is 1.86. The molecule has 102 valence electrons. The van der Waals surface area contributed by atoms with Gasteiger partial charge < -0.3 is 10.1 Å². The summed E-state index contributed by atoms with van der Waals surface area (Å²) in [5.74, 6) is 0. The highest BCUT2D eigenvalue weighted by Gasteiger charge is 2.05. The van der Waals surface area contributed by atoms with Gasteiger partial charge in [-0.25, -0.2) is 0 Å². The highest BCUT2D eigenvalue weighted by atomic mass is 32.1. The van der Waals surface area contributed by atoms with Gasteiger partial charge in [0.1, 0.15) is 0 Å². The maximum atomic E-state index is 5.16. The van der Waals surface area contributed by atoms with Crippen molar-refractivity contribution < 1.29 is 4.74 Å². The molecule has 1 aromatic heterocycles. The maximum absolute atomic E-state index is 5.16. The first-order valence-electron chi connectivity index (χ1n) is 6.57. The van der Waals surface area contributed by atoms with E-state index < -0.39 is 0 Å². The first kappa shape index (κ1) is 14.1. The number of thiophene rings is 1. The van der Waals surface area contributed by atoms with Crippen LogP contribution in [0.1, 0.15) is 20.9 Å². The molecule has 1 heterocycles. The summed E-state index contributed by atoms with van der Waals surface area (Å²) in [6, 6.07) is 10.7. The number of methoxy groups -OCH3 is 1. The van der Waals surface area contributed by atoms with E-state index in [1.165, 1.54) is 26.6 Å². The summed E-state index contributed by atoms with van der Waals surface area (Å²) in [4.78, 5) is 2.78. The van der Waals surface area contributed by atoms with Crippen LogP contribution in [-0.2, 0) is 17.7 Å². The van der Waals surface area contributed by atoms with Gasteiger partial charge in [0.2, 0.25) is 0 Å². The molecule has 0 aliphatic carbocycles. The molecular weight excluding hydrogens is 254 g/mol. The summed E-state index contributed by atoms with van der Waals surface area (Å²) < 4.78 is 5.16. The number of anilines is 1. The third-order valence-electron chi connectivity index (χ3n) is 3.21. The van der Waals surface area contributed by atoms with E-state index >= 15 is 0 Å². The summed E-state index contributed by atoms with van der Waals surface area (Å²) in [5, 5.41) is 3.54. The number of ether oxygens (including phenoxy) is 1. The van der Waals surface area contributed by atoms with Crippen LogP contribution in [0.4, 0.5) is 5.69 Å². The van der Waals surface area contributed by atoms with Crippen LogP contribution in [0.15, 0.2) is 30.3 Å². The Bertz CT molecular complexity index is 533. The SMILES string of the molecule is COCCc1ccccc1NCc1cc(C)sc1C. The molecule has 0 unspecified atom stereocenters. The van der Waals surface area contributed by atoms with E-state index in [9.17, 15) is 0 Å². The lowest BCUT2D eigenvalue weighted by Gasteiger charge is -2.11. The third-order valence-corrected chi connectivity index (χ3v) is 4.21. The van der Waals surface area contributed by atoms with E-state index in [1.54, 1.807) is 7.11 Å². The Morgan fingerprint density at radius 1 is 1.16 bits per heavy atom. The smallest absolute Gasteiger partial charge is 0.0503 e. The predicted molar refractivity (Wildman–Crippen MR) is 83.1 cm³/mol. The van der Waals surface area contributed by atoms with Crippen LogP contribution in [0.3, 0.4) is 0 Å². The molecule has 0 saturated heterocycles. The van der Waals surface area contributed by atoms with Crippen LogP contribution >= 0.6 is 11.3 Å². The van der Waals surface area contributed by atoms with E-state index in [-0.39, 0.29) is 0 Å². The number of aryl methyl sites for hydroxylation is 2. The summed E-state index contributed by atoms with van der Waals surface area (Å²) in [6.45, 7) is 5.99. The lowest BCUT2D eigenvalue weighted by molar-refractivity contribution is 0.202. The molecule has 1 N–H and O–H groups in total. The second-order valence-electron chi connectivity index (χ2n) is 4.69. The fourth-order valence-electron chi connectivity index (χ4n) is 2.17. The first-order chi connectivity index (χ1) is 9.20. The Morgan fingerprint density at radius 2 is 1.95 bits per heavy atom. The standard InChI is InChI=1S/C16H21NOS/c1-12-10-15(13(2)19-12)11-17-16-7-5-4-6-14(16)8-9-18-3/h4-7,10,17H,8-9,11H2,1-3H3. The van der Waals surface area contributed by atoms with Crippen LogP contribution in [0.25, 0.3) is 0 Å². The normalized spacial score (nSPS) is 10.7. The maximum Gasteiger partial charge on any atom is 0.0503 e. The lowest BCUT2D eigenvalue weighted by Crippen LogP contribution is -2.04. The molecule has 3 heteroatoms. The lowest BCUT2D eigenvalue weighted by atomic mass is 10.1. The molecular formula is C16H21NOS. The minimum absolute atomic E-state index is 0.759. The average molecular weight is 275 g/mol. The van der Waals surface area contributed by atoms with Crippen LogP contribution in [0.5, 0.6) is 0 Å². The molecule has 0 spiro atoms. The molecule has 2 nitrogen and oxygen atoms in total. The van der Waals surface area contributed by atoms with Gasteiger partial charge in [-0.05, 0) is 43.5 Å².